The summed E-state index contributed by atoms with van der Waals surface area (Å²) in [5.74, 6) is 0.408. The summed E-state index contributed by atoms with van der Waals surface area (Å²) >= 11 is 3.45. The van der Waals surface area contributed by atoms with Gasteiger partial charge in [0.25, 0.3) is 0 Å². The van der Waals surface area contributed by atoms with Crippen LogP contribution in [0.3, 0.4) is 0 Å². The molecule has 4 heteroatoms. The molecule has 0 radical (unpaired) electrons. The van der Waals surface area contributed by atoms with Gasteiger partial charge in [-0.2, -0.15) is 0 Å². The fraction of sp³-hybridized carbons (Fsp3) is 0.900. The van der Waals surface area contributed by atoms with Gasteiger partial charge >= 0.3 is 0 Å². The lowest BCUT2D eigenvalue weighted by Gasteiger charge is -2.24. The Kier molecular flexibility index (Phi) is 3.12. The van der Waals surface area contributed by atoms with Crippen molar-refractivity contribution in [1.82, 2.24) is 5.32 Å². The molecule has 0 bridgehead atoms. The van der Waals surface area contributed by atoms with Crippen molar-refractivity contribution in [3.8, 4) is 0 Å². The van der Waals surface area contributed by atoms with Gasteiger partial charge in [-0.1, -0.05) is 15.9 Å². The van der Waals surface area contributed by atoms with Gasteiger partial charge in [0.15, 0.2) is 0 Å². The number of hydrogen-bond donors (Lipinski definition) is 1. The van der Waals surface area contributed by atoms with E-state index in [0.29, 0.717) is 0 Å². The lowest BCUT2D eigenvalue weighted by molar-refractivity contribution is -0.128. The van der Waals surface area contributed by atoms with Crippen molar-refractivity contribution >= 4 is 21.8 Å². The highest BCUT2D eigenvalue weighted by molar-refractivity contribution is 9.09. The zero-order chi connectivity index (χ0) is 10.0. The van der Waals surface area contributed by atoms with Crippen LogP contribution in [0.25, 0.3) is 0 Å². The minimum Gasteiger partial charge on any atom is -0.381 e. The van der Waals surface area contributed by atoms with Gasteiger partial charge in [0.1, 0.15) is 0 Å². The van der Waals surface area contributed by atoms with Crippen LogP contribution < -0.4 is 5.32 Å². The fourth-order valence-corrected chi connectivity index (χ4v) is 2.47. The zero-order valence-electron chi connectivity index (χ0n) is 8.22. The number of carbonyl (C=O) groups is 1. The normalized spacial score (nSPS) is 25.8. The summed E-state index contributed by atoms with van der Waals surface area (Å²) in [6.45, 7) is 1.47. The number of amides is 1. The number of ether oxygens (including phenoxy) is 1. The molecule has 1 aliphatic heterocycles. The van der Waals surface area contributed by atoms with Crippen molar-refractivity contribution in [1.29, 1.82) is 0 Å². The first-order valence-corrected chi connectivity index (χ1v) is 6.34. The van der Waals surface area contributed by atoms with Crippen molar-refractivity contribution in [2.75, 3.05) is 18.5 Å². The molecule has 1 saturated carbocycles. The van der Waals surface area contributed by atoms with Crippen LogP contribution in [0.5, 0.6) is 0 Å². The van der Waals surface area contributed by atoms with E-state index in [2.05, 4.69) is 21.2 Å². The molecule has 3 nitrogen and oxygen atoms in total. The lowest BCUT2D eigenvalue weighted by Crippen LogP contribution is -2.43. The van der Waals surface area contributed by atoms with Gasteiger partial charge < -0.3 is 10.1 Å². The predicted octanol–water partition coefficient (Wildman–Crippen LogP) is 1.46. The molecular formula is C10H16BrNO2. The smallest absolute Gasteiger partial charge is 0.223 e. The molecule has 1 N–H and O–H groups in total. The van der Waals surface area contributed by atoms with Gasteiger partial charge in [-0.05, 0) is 25.7 Å². The molecule has 2 fully saturated rings. The molecule has 0 aromatic rings. The second kappa shape index (κ2) is 4.19. The number of rotatable bonds is 3. The number of carbonyl (C=O) groups excluding carboxylic acids is 1. The summed E-state index contributed by atoms with van der Waals surface area (Å²) in [4.78, 5) is 11.8. The number of halogens is 1. The standard InChI is InChI=1S/C10H16BrNO2/c11-7-10(3-4-10)12-9(13)8-1-5-14-6-2-8/h8H,1-7H2,(H,12,13). The molecule has 1 aliphatic carbocycles. The summed E-state index contributed by atoms with van der Waals surface area (Å²) in [5.41, 5.74) is 0.0926. The van der Waals surface area contributed by atoms with Crippen LogP contribution in [0.1, 0.15) is 25.7 Å². The van der Waals surface area contributed by atoms with Crippen LogP contribution in [0, 0.1) is 5.92 Å². The van der Waals surface area contributed by atoms with E-state index in [9.17, 15) is 4.79 Å². The maximum Gasteiger partial charge on any atom is 0.223 e. The molecule has 0 aromatic carbocycles. The van der Waals surface area contributed by atoms with Crippen molar-refractivity contribution in [2.24, 2.45) is 5.92 Å². The molecule has 14 heavy (non-hydrogen) atoms. The van der Waals surface area contributed by atoms with E-state index in [0.717, 1.165) is 44.2 Å². The number of nitrogens with one attached hydrogen (secondary N) is 1. The summed E-state index contributed by atoms with van der Waals surface area (Å²) in [6.07, 6.45) is 3.99. The Balaban J connectivity index is 1.82. The lowest BCUT2D eigenvalue weighted by atomic mass is 9.99. The van der Waals surface area contributed by atoms with Crippen molar-refractivity contribution in [2.45, 2.75) is 31.2 Å². The molecule has 0 spiro atoms. The highest BCUT2D eigenvalue weighted by Crippen LogP contribution is 2.37. The van der Waals surface area contributed by atoms with E-state index in [4.69, 9.17) is 4.74 Å². The van der Waals surface area contributed by atoms with Gasteiger partial charge in [-0.3, -0.25) is 4.79 Å². The third-order valence-corrected chi connectivity index (χ3v) is 4.16. The molecule has 0 aromatic heterocycles. The molecule has 0 unspecified atom stereocenters. The van der Waals surface area contributed by atoms with Crippen LogP contribution in [0.15, 0.2) is 0 Å². The average molecular weight is 262 g/mol. The maximum atomic E-state index is 11.8. The van der Waals surface area contributed by atoms with Crippen LogP contribution in [-0.4, -0.2) is 30.0 Å². The first-order chi connectivity index (χ1) is 6.76. The fourth-order valence-electron chi connectivity index (χ4n) is 1.77. The molecule has 80 valence electrons. The van der Waals surface area contributed by atoms with Crippen LogP contribution in [0.2, 0.25) is 0 Å². The van der Waals surface area contributed by atoms with Gasteiger partial charge in [0.05, 0.1) is 0 Å². The predicted molar refractivity (Wildman–Crippen MR) is 57.4 cm³/mol. The number of hydrogen-bond acceptors (Lipinski definition) is 2. The summed E-state index contributed by atoms with van der Waals surface area (Å²) in [6, 6.07) is 0. The Labute approximate surface area is 92.7 Å². The van der Waals surface area contributed by atoms with Crippen LogP contribution >= 0.6 is 15.9 Å². The third-order valence-electron chi connectivity index (χ3n) is 3.09. The molecular weight excluding hydrogens is 246 g/mol. The number of alkyl halides is 1. The first-order valence-electron chi connectivity index (χ1n) is 5.21. The third kappa shape index (κ3) is 2.28. The molecule has 1 saturated heterocycles. The summed E-state index contributed by atoms with van der Waals surface area (Å²) in [5, 5.41) is 4.03. The van der Waals surface area contributed by atoms with Gasteiger partial charge in [0, 0.05) is 30.0 Å². The van der Waals surface area contributed by atoms with Crippen molar-refractivity contribution in [3.05, 3.63) is 0 Å². The Morgan fingerprint density at radius 1 is 1.43 bits per heavy atom. The van der Waals surface area contributed by atoms with Gasteiger partial charge in [0.2, 0.25) is 5.91 Å². The van der Waals surface area contributed by atoms with E-state index >= 15 is 0 Å². The SMILES string of the molecule is O=C(NC1(CBr)CC1)C1CCOCC1. The van der Waals surface area contributed by atoms with E-state index < -0.39 is 0 Å². The summed E-state index contributed by atoms with van der Waals surface area (Å²) < 4.78 is 5.23. The van der Waals surface area contributed by atoms with Gasteiger partial charge in [-0.15, -0.1) is 0 Å². The first kappa shape index (κ1) is 10.4. The van der Waals surface area contributed by atoms with Crippen molar-refractivity contribution < 1.29 is 9.53 Å². The van der Waals surface area contributed by atoms with E-state index in [-0.39, 0.29) is 17.4 Å². The van der Waals surface area contributed by atoms with E-state index in [1.165, 1.54) is 0 Å². The Bertz CT molecular complexity index is 222. The molecule has 1 heterocycles. The highest BCUT2D eigenvalue weighted by atomic mass is 79.9. The quantitative estimate of drug-likeness (QED) is 0.782. The minimum atomic E-state index is 0.0926. The second-order valence-corrected chi connectivity index (χ2v) is 4.85. The second-order valence-electron chi connectivity index (χ2n) is 4.29. The van der Waals surface area contributed by atoms with E-state index in [1.54, 1.807) is 0 Å². The van der Waals surface area contributed by atoms with Crippen LogP contribution in [0.4, 0.5) is 0 Å². The van der Waals surface area contributed by atoms with Crippen LogP contribution in [-0.2, 0) is 9.53 Å². The molecule has 1 amide bonds. The maximum absolute atomic E-state index is 11.8. The zero-order valence-corrected chi connectivity index (χ0v) is 9.81. The molecule has 2 aliphatic rings. The minimum absolute atomic E-state index is 0.0926. The average Bonchev–Trinajstić information content (AvgIpc) is 3.00. The summed E-state index contributed by atoms with van der Waals surface area (Å²) in [7, 11) is 0. The highest BCUT2D eigenvalue weighted by Gasteiger charge is 2.43. The molecule has 2 rings (SSSR count). The Hall–Kier alpha value is -0.0900. The van der Waals surface area contributed by atoms with E-state index in [1.807, 2.05) is 0 Å². The van der Waals surface area contributed by atoms with Crippen molar-refractivity contribution in [3.63, 3.8) is 0 Å². The topological polar surface area (TPSA) is 38.3 Å². The molecule has 0 atom stereocenters. The monoisotopic (exact) mass is 261 g/mol. The van der Waals surface area contributed by atoms with Gasteiger partial charge in [-0.25, -0.2) is 0 Å². The Morgan fingerprint density at radius 3 is 2.57 bits per heavy atom. The largest absolute Gasteiger partial charge is 0.381 e. The Morgan fingerprint density at radius 2 is 2.07 bits per heavy atom.